The van der Waals surface area contributed by atoms with E-state index < -0.39 is 5.97 Å². The maximum absolute atomic E-state index is 12.8. The molecular formula is C26H36N2O6S2. The summed E-state index contributed by atoms with van der Waals surface area (Å²) >= 11 is 6.59. The first kappa shape index (κ1) is 29.6. The van der Waals surface area contributed by atoms with E-state index in [-0.39, 0.29) is 31.2 Å². The third-order valence-electron chi connectivity index (χ3n) is 5.78. The zero-order valence-corrected chi connectivity index (χ0v) is 22.7. The maximum Gasteiger partial charge on any atom is 0.303 e. The molecule has 0 unspecified atom stereocenters. The summed E-state index contributed by atoms with van der Waals surface area (Å²) in [6.07, 6.45) is 10.3. The SMILES string of the molecule is COc1ccc(C=C2SC(=S)N(CCC(=O)NCCCCCCCCCCC(=O)O)C2=O)cc1OC. The smallest absolute Gasteiger partial charge is 0.303 e. The Balaban J connectivity index is 1.64. The molecule has 0 radical (unpaired) electrons. The average Bonchev–Trinajstić information content (AvgIpc) is 3.12. The average molecular weight is 537 g/mol. The summed E-state index contributed by atoms with van der Waals surface area (Å²) < 4.78 is 11.0. The number of aliphatic carboxylic acids is 1. The Bertz CT molecular complexity index is 950. The number of ether oxygens (including phenoxy) is 2. The highest BCUT2D eigenvalue weighted by Gasteiger charge is 2.32. The molecule has 2 amide bonds. The van der Waals surface area contributed by atoms with Gasteiger partial charge in [-0.2, -0.15) is 0 Å². The fourth-order valence-electron chi connectivity index (χ4n) is 3.78. The van der Waals surface area contributed by atoms with Gasteiger partial charge in [-0.25, -0.2) is 0 Å². The molecule has 0 atom stereocenters. The van der Waals surface area contributed by atoms with Crippen LogP contribution in [0, 0.1) is 0 Å². The van der Waals surface area contributed by atoms with E-state index in [0.29, 0.717) is 27.3 Å². The van der Waals surface area contributed by atoms with Crippen LogP contribution in [0.3, 0.4) is 0 Å². The van der Waals surface area contributed by atoms with Crippen molar-refractivity contribution in [2.75, 3.05) is 27.3 Å². The number of thiocarbonyl (C=S) groups is 1. The van der Waals surface area contributed by atoms with Gasteiger partial charge in [0.15, 0.2) is 11.5 Å². The molecule has 1 saturated heterocycles. The summed E-state index contributed by atoms with van der Waals surface area (Å²) in [7, 11) is 3.12. The predicted octanol–water partition coefficient (Wildman–Crippen LogP) is 5.01. The van der Waals surface area contributed by atoms with Gasteiger partial charge >= 0.3 is 5.97 Å². The molecule has 0 saturated carbocycles. The second-order valence-electron chi connectivity index (χ2n) is 8.52. The van der Waals surface area contributed by atoms with Crippen molar-refractivity contribution in [2.24, 2.45) is 0 Å². The Morgan fingerprint density at radius 1 is 1.00 bits per heavy atom. The number of methoxy groups -OCH3 is 2. The number of nitrogens with one attached hydrogen (secondary N) is 1. The summed E-state index contributed by atoms with van der Waals surface area (Å²) in [5, 5.41) is 11.5. The van der Waals surface area contributed by atoms with E-state index in [2.05, 4.69) is 5.32 Å². The number of carboxylic acids is 1. The van der Waals surface area contributed by atoms with Crippen LogP contribution in [-0.4, -0.2) is 59.4 Å². The Morgan fingerprint density at radius 3 is 2.28 bits per heavy atom. The molecule has 1 heterocycles. The molecule has 10 heteroatoms. The molecular weight excluding hydrogens is 500 g/mol. The zero-order valence-electron chi connectivity index (χ0n) is 21.0. The number of hydrogen-bond acceptors (Lipinski definition) is 7. The minimum atomic E-state index is -0.724. The summed E-state index contributed by atoms with van der Waals surface area (Å²) in [5.41, 5.74) is 0.795. The van der Waals surface area contributed by atoms with E-state index >= 15 is 0 Å². The lowest BCUT2D eigenvalue weighted by molar-refractivity contribution is -0.137. The molecule has 1 aromatic carbocycles. The number of nitrogens with zero attached hydrogens (tertiary/aromatic N) is 1. The first-order chi connectivity index (χ1) is 17.3. The van der Waals surface area contributed by atoms with E-state index in [1.165, 1.54) is 16.7 Å². The van der Waals surface area contributed by atoms with Gasteiger partial charge in [-0.1, -0.05) is 68.6 Å². The first-order valence-corrected chi connectivity index (χ1v) is 13.5. The first-order valence-electron chi connectivity index (χ1n) is 12.3. The molecule has 198 valence electrons. The van der Waals surface area contributed by atoms with E-state index in [1.54, 1.807) is 32.4 Å². The second kappa shape index (κ2) is 16.2. The van der Waals surface area contributed by atoms with E-state index in [0.717, 1.165) is 56.9 Å². The third kappa shape index (κ3) is 10.2. The lowest BCUT2D eigenvalue weighted by Crippen LogP contribution is -2.33. The number of unbranched alkanes of at least 4 members (excludes halogenated alkanes) is 7. The van der Waals surface area contributed by atoms with Gasteiger partial charge in [0.1, 0.15) is 4.32 Å². The Morgan fingerprint density at radius 2 is 1.64 bits per heavy atom. The molecule has 8 nitrogen and oxygen atoms in total. The van der Waals surface area contributed by atoms with Gasteiger partial charge in [-0.05, 0) is 36.6 Å². The largest absolute Gasteiger partial charge is 0.493 e. The highest BCUT2D eigenvalue weighted by Crippen LogP contribution is 2.34. The molecule has 0 aliphatic carbocycles. The van der Waals surface area contributed by atoms with Crippen LogP contribution in [0.1, 0.15) is 69.8 Å². The van der Waals surface area contributed by atoms with Crippen LogP contribution in [0.5, 0.6) is 11.5 Å². The van der Waals surface area contributed by atoms with Crippen LogP contribution in [0.2, 0.25) is 0 Å². The van der Waals surface area contributed by atoms with Crippen LogP contribution in [0.25, 0.3) is 6.08 Å². The summed E-state index contributed by atoms with van der Waals surface area (Å²) in [6.45, 7) is 0.872. The molecule has 0 aromatic heterocycles. The standard InChI is InChI=1S/C26H36N2O6S2/c1-33-20-13-12-19(17-21(20)34-2)18-22-25(32)28(26(35)36-22)16-14-23(29)27-15-10-8-6-4-3-5-7-9-11-24(30)31/h12-13,17-18H,3-11,14-16H2,1-2H3,(H,27,29)(H,30,31). The van der Waals surface area contributed by atoms with Gasteiger partial charge in [0.05, 0.1) is 19.1 Å². The number of carbonyl (C=O) groups excluding carboxylic acids is 2. The highest BCUT2D eigenvalue weighted by molar-refractivity contribution is 8.26. The molecule has 0 bridgehead atoms. The lowest BCUT2D eigenvalue weighted by atomic mass is 10.1. The van der Waals surface area contributed by atoms with Crippen LogP contribution < -0.4 is 14.8 Å². The van der Waals surface area contributed by atoms with Crippen molar-refractivity contribution < 1.29 is 29.0 Å². The summed E-state index contributed by atoms with van der Waals surface area (Å²) in [4.78, 5) is 37.5. The number of carbonyl (C=O) groups is 3. The summed E-state index contributed by atoms with van der Waals surface area (Å²) in [6, 6.07) is 5.41. The quantitative estimate of drug-likeness (QED) is 0.163. The fraction of sp³-hybridized carbons (Fsp3) is 0.538. The molecule has 1 fully saturated rings. The van der Waals surface area contributed by atoms with Gasteiger partial charge in [-0.15, -0.1) is 0 Å². The van der Waals surface area contributed by atoms with Gasteiger partial charge in [0.25, 0.3) is 5.91 Å². The Hall–Kier alpha value is -2.59. The molecule has 1 aromatic rings. The van der Waals surface area contributed by atoms with Gasteiger partial charge in [0, 0.05) is 25.9 Å². The topological polar surface area (TPSA) is 105 Å². The summed E-state index contributed by atoms with van der Waals surface area (Å²) in [5.74, 6) is 0.171. The van der Waals surface area contributed by atoms with Gasteiger partial charge < -0.3 is 19.9 Å². The number of thioether (sulfide) groups is 1. The Labute approximate surface area is 222 Å². The van der Waals surface area contributed by atoms with Crippen molar-refractivity contribution in [1.82, 2.24) is 10.2 Å². The number of hydrogen-bond donors (Lipinski definition) is 2. The van der Waals surface area contributed by atoms with Crippen molar-refractivity contribution in [1.29, 1.82) is 0 Å². The van der Waals surface area contributed by atoms with Crippen molar-refractivity contribution in [3.8, 4) is 11.5 Å². The normalized spacial score (nSPS) is 14.4. The highest BCUT2D eigenvalue weighted by atomic mass is 32.2. The molecule has 2 N–H and O–H groups in total. The van der Waals surface area contributed by atoms with Crippen LogP contribution in [0.15, 0.2) is 23.1 Å². The zero-order chi connectivity index (χ0) is 26.3. The van der Waals surface area contributed by atoms with Crippen LogP contribution in [0.4, 0.5) is 0 Å². The maximum atomic E-state index is 12.8. The predicted molar refractivity (Wildman–Crippen MR) is 146 cm³/mol. The Kier molecular flexibility index (Phi) is 13.3. The van der Waals surface area contributed by atoms with Crippen molar-refractivity contribution in [3.05, 3.63) is 28.7 Å². The van der Waals surface area contributed by atoms with E-state index in [9.17, 15) is 14.4 Å². The van der Waals surface area contributed by atoms with Crippen LogP contribution >= 0.6 is 24.0 Å². The number of amides is 2. The van der Waals surface area contributed by atoms with Crippen molar-refractivity contribution in [2.45, 2.75) is 64.2 Å². The van der Waals surface area contributed by atoms with Crippen molar-refractivity contribution in [3.63, 3.8) is 0 Å². The molecule has 1 aliphatic heterocycles. The van der Waals surface area contributed by atoms with E-state index in [1.807, 2.05) is 6.07 Å². The van der Waals surface area contributed by atoms with Crippen LogP contribution in [-0.2, 0) is 14.4 Å². The third-order valence-corrected chi connectivity index (χ3v) is 7.16. The molecule has 0 spiro atoms. The number of benzene rings is 1. The van der Waals surface area contributed by atoms with Gasteiger partial charge in [-0.3, -0.25) is 19.3 Å². The molecule has 2 rings (SSSR count). The lowest BCUT2D eigenvalue weighted by Gasteiger charge is -2.14. The minimum Gasteiger partial charge on any atom is -0.493 e. The number of rotatable bonds is 17. The van der Waals surface area contributed by atoms with Crippen molar-refractivity contribution >= 4 is 52.2 Å². The van der Waals surface area contributed by atoms with E-state index in [4.69, 9.17) is 26.8 Å². The molecule has 1 aliphatic rings. The molecule has 36 heavy (non-hydrogen) atoms. The fourth-order valence-corrected chi connectivity index (χ4v) is 5.09. The minimum absolute atomic E-state index is 0.0913. The number of carboxylic acid groups (broad SMARTS) is 1. The second-order valence-corrected chi connectivity index (χ2v) is 10.2. The monoisotopic (exact) mass is 536 g/mol. The van der Waals surface area contributed by atoms with Gasteiger partial charge in [0.2, 0.25) is 5.91 Å².